The Bertz CT molecular complexity index is 479. The van der Waals surface area contributed by atoms with E-state index < -0.39 is 0 Å². The largest absolute Gasteiger partial charge is 0.493 e. The molecule has 3 heteroatoms. The SMILES string of the molecule is CC(CO)COc1ccc(Oc2ccccc2)cc1. The second-order valence-electron chi connectivity index (χ2n) is 4.49. The number of aliphatic hydroxyl groups excluding tert-OH is 1. The molecule has 0 aromatic heterocycles. The molecule has 0 heterocycles. The minimum atomic E-state index is 0.134. The zero-order chi connectivity index (χ0) is 13.5. The second-order valence-corrected chi connectivity index (χ2v) is 4.49. The van der Waals surface area contributed by atoms with Crippen LogP contribution in [0, 0.1) is 5.92 Å². The number of hydrogen-bond donors (Lipinski definition) is 1. The lowest BCUT2D eigenvalue weighted by Gasteiger charge is -2.11. The summed E-state index contributed by atoms with van der Waals surface area (Å²) in [5, 5.41) is 8.92. The van der Waals surface area contributed by atoms with E-state index in [9.17, 15) is 0 Å². The van der Waals surface area contributed by atoms with Gasteiger partial charge in [-0.1, -0.05) is 25.1 Å². The van der Waals surface area contributed by atoms with Gasteiger partial charge in [0, 0.05) is 12.5 Å². The van der Waals surface area contributed by atoms with E-state index in [-0.39, 0.29) is 12.5 Å². The Balaban J connectivity index is 1.91. The zero-order valence-electron chi connectivity index (χ0n) is 11.0. The van der Waals surface area contributed by atoms with Crippen molar-refractivity contribution in [3.8, 4) is 17.2 Å². The van der Waals surface area contributed by atoms with Gasteiger partial charge < -0.3 is 14.6 Å². The molecule has 0 aliphatic rings. The van der Waals surface area contributed by atoms with E-state index in [1.807, 2.05) is 61.5 Å². The van der Waals surface area contributed by atoms with Crippen molar-refractivity contribution in [2.75, 3.05) is 13.2 Å². The Kier molecular flexibility index (Phi) is 4.81. The van der Waals surface area contributed by atoms with Crippen molar-refractivity contribution >= 4 is 0 Å². The van der Waals surface area contributed by atoms with Crippen molar-refractivity contribution in [1.29, 1.82) is 0 Å². The maximum Gasteiger partial charge on any atom is 0.127 e. The van der Waals surface area contributed by atoms with Crippen LogP contribution in [0.15, 0.2) is 54.6 Å². The van der Waals surface area contributed by atoms with Crippen LogP contribution in [0.5, 0.6) is 17.2 Å². The van der Waals surface area contributed by atoms with Gasteiger partial charge in [-0.25, -0.2) is 0 Å². The predicted octanol–water partition coefficient (Wildman–Crippen LogP) is 3.49. The Morgan fingerprint density at radius 2 is 1.47 bits per heavy atom. The summed E-state index contributed by atoms with van der Waals surface area (Å²) < 4.78 is 11.2. The molecule has 3 nitrogen and oxygen atoms in total. The smallest absolute Gasteiger partial charge is 0.127 e. The molecule has 2 aromatic rings. The van der Waals surface area contributed by atoms with Gasteiger partial charge in [0.15, 0.2) is 0 Å². The van der Waals surface area contributed by atoms with Gasteiger partial charge >= 0.3 is 0 Å². The van der Waals surface area contributed by atoms with Gasteiger partial charge in [-0.15, -0.1) is 0 Å². The van der Waals surface area contributed by atoms with Crippen LogP contribution in [-0.4, -0.2) is 18.3 Å². The average molecular weight is 258 g/mol. The van der Waals surface area contributed by atoms with Crippen molar-refractivity contribution in [3.05, 3.63) is 54.6 Å². The summed E-state index contributed by atoms with van der Waals surface area (Å²) in [7, 11) is 0. The minimum Gasteiger partial charge on any atom is -0.493 e. The predicted molar refractivity (Wildman–Crippen MR) is 74.7 cm³/mol. The summed E-state index contributed by atoms with van der Waals surface area (Å²) in [6, 6.07) is 17.1. The third-order valence-corrected chi connectivity index (χ3v) is 2.65. The lowest BCUT2D eigenvalue weighted by Crippen LogP contribution is -2.11. The molecule has 2 rings (SSSR count). The summed E-state index contributed by atoms with van der Waals surface area (Å²) in [6.45, 7) is 2.58. The summed E-state index contributed by atoms with van der Waals surface area (Å²) in [4.78, 5) is 0. The molecule has 0 aliphatic heterocycles. The molecule has 0 radical (unpaired) electrons. The van der Waals surface area contributed by atoms with Gasteiger partial charge in [0.2, 0.25) is 0 Å². The van der Waals surface area contributed by atoms with E-state index in [4.69, 9.17) is 14.6 Å². The van der Waals surface area contributed by atoms with Gasteiger partial charge in [-0.2, -0.15) is 0 Å². The summed E-state index contributed by atoms with van der Waals surface area (Å²) in [5.41, 5.74) is 0. The quantitative estimate of drug-likeness (QED) is 0.862. The number of rotatable bonds is 6. The Morgan fingerprint density at radius 3 is 2.11 bits per heavy atom. The lowest BCUT2D eigenvalue weighted by atomic mass is 10.2. The molecule has 2 aromatic carbocycles. The van der Waals surface area contributed by atoms with Crippen LogP contribution in [0.2, 0.25) is 0 Å². The van der Waals surface area contributed by atoms with Crippen LogP contribution in [0.25, 0.3) is 0 Å². The van der Waals surface area contributed by atoms with Crippen molar-refractivity contribution in [2.45, 2.75) is 6.92 Å². The highest BCUT2D eigenvalue weighted by Crippen LogP contribution is 2.23. The van der Waals surface area contributed by atoms with Crippen LogP contribution in [0.1, 0.15) is 6.92 Å². The maximum absolute atomic E-state index is 8.92. The molecule has 1 N–H and O–H groups in total. The van der Waals surface area contributed by atoms with E-state index in [2.05, 4.69) is 0 Å². The topological polar surface area (TPSA) is 38.7 Å². The number of benzene rings is 2. The van der Waals surface area contributed by atoms with Crippen LogP contribution < -0.4 is 9.47 Å². The number of aliphatic hydroxyl groups is 1. The summed E-state index contributed by atoms with van der Waals surface area (Å²) >= 11 is 0. The van der Waals surface area contributed by atoms with Crippen molar-refractivity contribution in [3.63, 3.8) is 0 Å². The highest BCUT2D eigenvalue weighted by Gasteiger charge is 2.02. The molecule has 0 amide bonds. The first-order valence-corrected chi connectivity index (χ1v) is 6.34. The van der Waals surface area contributed by atoms with Crippen molar-refractivity contribution in [1.82, 2.24) is 0 Å². The number of para-hydroxylation sites is 1. The minimum absolute atomic E-state index is 0.134. The van der Waals surface area contributed by atoms with Gasteiger partial charge in [-0.05, 0) is 36.4 Å². The molecule has 0 fully saturated rings. The lowest BCUT2D eigenvalue weighted by molar-refractivity contribution is 0.174. The second kappa shape index (κ2) is 6.81. The molecule has 0 saturated carbocycles. The third-order valence-electron chi connectivity index (χ3n) is 2.65. The van der Waals surface area contributed by atoms with Crippen LogP contribution in [0.3, 0.4) is 0 Å². The van der Waals surface area contributed by atoms with Crippen molar-refractivity contribution in [2.24, 2.45) is 5.92 Å². The molecular formula is C16H18O3. The number of hydrogen-bond acceptors (Lipinski definition) is 3. The molecule has 0 aliphatic carbocycles. The van der Waals surface area contributed by atoms with E-state index in [0.29, 0.717) is 6.61 Å². The first-order chi connectivity index (χ1) is 9.28. The number of ether oxygens (including phenoxy) is 2. The third kappa shape index (κ3) is 4.30. The maximum atomic E-state index is 8.92. The summed E-state index contributed by atoms with van der Waals surface area (Å²) in [5.74, 6) is 2.50. The molecule has 1 atom stereocenters. The van der Waals surface area contributed by atoms with E-state index >= 15 is 0 Å². The van der Waals surface area contributed by atoms with E-state index in [1.54, 1.807) is 0 Å². The van der Waals surface area contributed by atoms with Gasteiger partial charge in [-0.3, -0.25) is 0 Å². The van der Waals surface area contributed by atoms with Gasteiger partial charge in [0.05, 0.1) is 6.61 Å². The molecule has 0 saturated heterocycles. The van der Waals surface area contributed by atoms with Gasteiger partial charge in [0.25, 0.3) is 0 Å². The molecule has 0 bridgehead atoms. The molecular weight excluding hydrogens is 240 g/mol. The average Bonchev–Trinajstić information content (AvgIpc) is 2.47. The summed E-state index contributed by atoms with van der Waals surface area (Å²) in [6.07, 6.45) is 0. The van der Waals surface area contributed by atoms with E-state index in [1.165, 1.54) is 0 Å². The Labute approximate surface area is 113 Å². The fraction of sp³-hybridized carbons (Fsp3) is 0.250. The monoisotopic (exact) mass is 258 g/mol. The van der Waals surface area contributed by atoms with Crippen LogP contribution in [-0.2, 0) is 0 Å². The first-order valence-electron chi connectivity index (χ1n) is 6.34. The fourth-order valence-corrected chi connectivity index (χ4v) is 1.52. The molecule has 100 valence electrons. The fourth-order valence-electron chi connectivity index (χ4n) is 1.52. The molecule has 0 spiro atoms. The molecule has 19 heavy (non-hydrogen) atoms. The van der Waals surface area contributed by atoms with Crippen LogP contribution >= 0.6 is 0 Å². The van der Waals surface area contributed by atoms with Crippen LogP contribution in [0.4, 0.5) is 0 Å². The highest BCUT2D eigenvalue weighted by molar-refractivity contribution is 5.35. The normalized spacial score (nSPS) is 11.9. The Morgan fingerprint density at radius 1 is 0.895 bits per heavy atom. The first kappa shape index (κ1) is 13.4. The Hall–Kier alpha value is -2.00. The van der Waals surface area contributed by atoms with Gasteiger partial charge in [0.1, 0.15) is 17.2 Å². The molecule has 1 unspecified atom stereocenters. The van der Waals surface area contributed by atoms with E-state index in [0.717, 1.165) is 17.2 Å². The zero-order valence-corrected chi connectivity index (χ0v) is 11.0. The highest BCUT2D eigenvalue weighted by atomic mass is 16.5. The standard InChI is InChI=1S/C16H18O3/c1-13(11-17)12-18-14-7-9-16(10-8-14)19-15-5-3-2-4-6-15/h2-10,13,17H,11-12H2,1H3. The van der Waals surface area contributed by atoms with Crippen molar-refractivity contribution < 1.29 is 14.6 Å².